The van der Waals surface area contributed by atoms with Gasteiger partial charge in [-0.15, -0.1) is 0 Å². The molecule has 0 radical (unpaired) electrons. The number of aromatic nitrogens is 2. The molecule has 6 nitrogen and oxygen atoms in total. The number of hydrazine groups is 1. The molecule has 0 saturated carbocycles. The van der Waals surface area contributed by atoms with E-state index < -0.39 is 0 Å². The molecule has 0 bridgehead atoms. The van der Waals surface area contributed by atoms with Crippen molar-refractivity contribution in [2.45, 2.75) is 44.9 Å². The highest BCUT2D eigenvalue weighted by molar-refractivity contribution is 5.44. The number of alkyl halides is 1. The Bertz CT molecular complexity index is 720. The third-order valence-corrected chi connectivity index (χ3v) is 5.17. The summed E-state index contributed by atoms with van der Waals surface area (Å²) in [5.41, 5.74) is 8.85. The van der Waals surface area contributed by atoms with Gasteiger partial charge in [0, 0.05) is 31.1 Å². The van der Waals surface area contributed by atoms with Crippen LogP contribution in [0.2, 0.25) is 0 Å². The van der Waals surface area contributed by atoms with E-state index in [0.717, 1.165) is 43.2 Å². The highest BCUT2D eigenvalue weighted by Gasteiger charge is 2.34. The van der Waals surface area contributed by atoms with Gasteiger partial charge in [-0.3, -0.25) is 4.39 Å². The van der Waals surface area contributed by atoms with Crippen molar-refractivity contribution < 1.29 is 9.13 Å². The van der Waals surface area contributed by atoms with E-state index in [1.807, 2.05) is 19.9 Å². The summed E-state index contributed by atoms with van der Waals surface area (Å²) in [5, 5.41) is 0. The van der Waals surface area contributed by atoms with Gasteiger partial charge in [-0.2, -0.15) is 0 Å². The third kappa shape index (κ3) is 3.46. The lowest BCUT2D eigenvalue weighted by molar-refractivity contribution is 0.155. The highest BCUT2D eigenvalue weighted by atomic mass is 19.1. The molecule has 1 aromatic rings. The van der Waals surface area contributed by atoms with Crippen LogP contribution in [0.1, 0.15) is 38.4 Å². The fourth-order valence-corrected chi connectivity index (χ4v) is 3.85. The van der Waals surface area contributed by atoms with Crippen LogP contribution in [0, 0.1) is 5.92 Å². The molecule has 0 amide bonds. The quantitative estimate of drug-likeness (QED) is 0.842. The predicted octanol–water partition coefficient (Wildman–Crippen LogP) is 2.43. The Labute approximate surface area is 153 Å². The van der Waals surface area contributed by atoms with E-state index in [2.05, 4.69) is 37.9 Å². The van der Waals surface area contributed by atoms with Gasteiger partial charge in [-0.25, -0.2) is 20.8 Å². The molecule has 140 valence electrons. The molecular formula is C19H26FN5O. The number of ether oxygens (including phenoxy) is 1. The Kier molecular flexibility index (Phi) is 4.91. The van der Waals surface area contributed by atoms with Gasteiger partial charge in [0.25, 0.3) is 0 Å². The Hall–Kier alpha value is -1.99. The van der Waals surface area contributed by atoms with Crippen LogP contribution in [0.3, 0.4) is 0 Å². The number of anilines is 1. The standard InChI is InChI=1S/C19H26FN5O/c1-12(2)26-14-3-4-16-15(7-14)19(24-23-16)17-8-18(22-11-21-17)25-6-5-13(9-20)10-25/h3,7-8,11-13,16,19,23-24H,4-6,9-10H2,1-2H3/t13?,16-,19?/m1/s1. The van der Waals surface area contributed by atoms with Gasteiger partial charge in [0.05, 0.1) is 24.5 Å². The molecule has 2 N–H and O–H groups in total. The fourth-order valence-electron chi connectivity index (χ4n) is 3.85. The van der Waals surface area contributed by atoms with E-state index in [4.69, 9.17) is 4.74 Å². The first kappa shape index (κ1) is 17.4. The predicted molar refractivity (Wildman–Crippen MR) is 98.1 cm³/mol. The molecule has 3 aliphatic rings. The number of nitrogens with zero attached hydrogens (tertiary/aromatic N) is 3. The molecule has 3 heterocycles. The lowest BCUT2D eigenvalue weighted by atomic mass is 9.93. The molecular weight excluding hydrogens is 333 g/mol. The first-order valence-electron chi connectivity index (χ1n) is 9.36. The Morgan fingerprint density at radius 2 is 2.23 bits per heavy atom. The summed E-state index contributed by atoms with van der Waals surface area (Å²) in [6.07, 6.45) is 7.76. The molecule has 1 aliphatic carbocycles. The first-order chi connectivity index (χ1) is 12.6. The zero-order valence-electron chi connectivity index (χ0n) is 15.3. The zero-order valence-corrected chi connectivity index (χ0v) is 15.3. The van der Waals surface area contributed by atoms with Gasteiger partial charge in [-0.1, -0.05) is 0 Å². The van der Waals surface area contributed by atoms with E-state index in [1.165, 1.54) is 5.57 Å². The molecule has 4 rings (SSSR count). The summed E-state index contributed by atoms with van der Waals surface area (Å²) < 4.78 is 18.8. The average Bonchev–Trinajstić information content (AvgIpc) is 3.28. The lowest BCUT2D eigenvalue weighted by Crippen LogP contribution is -2.31. The summed E-state index contributed by atoms with van der Waals surface area (Å²) in [5.74, 6) is 1.91. The van der Waals surface area contributed by atoms with Crippen molar-refractivity contribution in [3.05, 3.63) is 41.6 Å². The zero-order chi connectivity index (χ0) is 18.1. The van der Waals surface area contributed by atoms with Gasteiger partial charge in [0.1, 0.15) is 17.9 Å². The second-order valence-corrected chi connectivity index (χ2v) is 7.48. The minimum absolute atomic E-state index is 0.0132. The SMILES string of the molecule is CC(C)OC1=CC[C@H]2NNC(c3cc(N4CCC(CF)C4)ncn3)C2=C1. The largest absolute Gasteiger partial charge is 0.491 e. The van der Waals surface area contributed by atoms with Crippen molar-refractivity contribution in [2.75, 3.05) is 24.7 Å². The topological polar surface area (TPSA) is 62.3 Å². The maximum atomic E-state index is 12.9. The van der Waals surface area contributed by atoms with Crippen LogP contribution >= 0.6 is 0 Å². The number of nitrogens with one attached hydrogen (secondary N) is 2. The number of allylic oxidation sites excluding steroid dienone is 1. The highest BCUT2D eigenvalue weighted by Crippen LogP contribution is 2.34. The van der Waals surface area contributed by atoms with Crippen molar-refractivity contribution in [3.8, 4) is 0 Å². The number of rotatable bonds is 5. The Balaban J connectivity index is 1.55. The number of halogens is 1. The van der Waals surface area contributed by atoms with E-state index in [1.54, 1.807) is 6.33 Å². The van der Waals surface area contributed by atoms with Crippen LogP contribution in [0.15, 0.2) is 35.9 Å². The lowest BCUT2D eigenvalue weighted by Gasteiger charge is -2.22. The van der Waals surface area contributed by atoms with Crippen molar-refractivity contribution in [1.82, 2.24) is 20.8 Å². The normalized spacial score (nSPS) is 28.2. The van der Waals surface area contributed by atoms with Crippen molar-refractivity contribution in [2.24, 2.45) is 5.92 Å². The maximum absolute atomic E-state index is 12.9. The van der Waals surface area contributed by atoms with Crippen LogP contribution in [-0.2, 0) is 4.74 Å². The van der Waals surface area contributed by atoms with Crippen molar-refractivity contribution >= 4 is 5.82 Å². The van der Waals surface area contributed by atoms with Crippen molar-refractivity contribution in [1.29, 1.82) is 0 Å². The van der Waals surface area contributed by atoms with Gasteiger partial charge in [0.15, 0.2) is 0 Å². The third-order valence-electron chi connectivity index (χ3n) is 5.17. The Morgan fingerprint density at radius 1 is 1.35 bits per heavy atom. The molecule has 2 aliphatic heterocycles. The van der Waals surface area contributed by atoms with Crippen molar-refractivity contribution in [3.63, 3.8) is 0 Å². The number of hydrogen-bond donors (Lipinski definition) is 2. The van der Waals surface area contributed by atoms with Crippen LogP contribution in [0.4, 0.5) is 10.2 Å². The van der Waals surface area contributed by atoms with Gasteiger partial charge < -0.3 is 9.64 Å². The second-order valence-electron chi connectivity index (χ2n) is 7.48. The average molecular weight is 359 g/mol. The molecule has 2 fully saturated rings. The van der Waals surface area contributed by atoms with Gasteiger partial charge in [-0.05, 0) is 44.4 Å². The summed E-state index contributed by atoms with van der Waals surface area (Å²) in [4.78, 5) is 11.1. The van der Waals surface area contributed by atoms with E-state index in [9.17, 15) is 4.39 Å². The van der Waals surface area contributed by atoms with E-state index in [0.29, 0.717) is 0 Å². The first-order valence-corrected chi connectivity index (χ1v) is 9.36. The number of hydrogen-bond acceptors (Lipinski definition) is 6. The molecule has 1 aromatic heterocycles. The van der Waals surface area contributed by atoms with Gasteiger partial charge >= 0.3 is 0 Å². The summed E-state index contributed by atoms with van der Waals surface area (Å²) >= 11 is 0. The molecule has 0 aromatic carbocycles. The summed E-state index contributed by atoms with van der Waals surface area (Å²) in [7, 11) is 0. The Morgan fingerprint density at radius 3 is 3.00 bits per heavy atom. The molecule has 0 spiro atoms. The fraction of sp³-hybridized carbons (Fsp3) is 0.579. The molecule has 3 atom stereocenters. The smallest absolute Gasteiger partial charge is 0.132 e. The van der Waals surface area contributed by atoms with Crippen LogP contribution in [-0.4, -0.2) is 41.9 Å². The molecule has 2 saturated heterocycles. The second kappa shape index (κ2) is 7.32. The van der Waals surface area contributed by atoms with E-state index in [-0.39, 0.29) is 30.8 Å². The van der Waals surface area contributed by atoms with Crippen LogP contribution in [0.5, 0.6) is 0 Å². The molecule has 2 unspecified atom stereocenters. The minimum atomic E-state index is -0.262. The summed E-state index contributed by atoms with van der Waals surface area (Å²) in [6, 6.07) is 2.26. The summed E-state index contributed by atoms with van der Waals surface area (Å²) in [6.45, 7) is 5.38. The molecule has 7 heteroatoms. The van der Waals surface area contributed by atoms with Crippen LogP contribution in [0.25, 0.3) is 0 Å². The monoisotopic (exact) mass is 359 g/mol. The van der Waals surface area contributed by atoms with E-state index >= 15 is 0 Å². The van der Waals surface area contributed by atoms with Crippen LogP contribution < -0.4 is 15.8 Å². The maximum Gasteiger partial charge on any atom is 0.132 e. The molecule has 26 heavy (non-hydrogen) atoms. The number of fused-ring (bicyclic) bond motifs is 1. The minimum Gasteiger partial charge on any atom is -0.491 e. The van der Waals surface area contributed by atoms with Gasteiger partial charge in [0.2, 0.25) is 0 Å².